The van der Waals surface area contributed by atoms with E-state index in [1.54, 1.807) is 0 Å². The van der Waals surface area contributed by atoms with Crippen molar-refractivity contribution in [2.75, 3.05) is 13.2 Å². The van der Waals surface area contributed by atoms with E-state index in [-0.39, 0.29) is 17.9 Å². The van der Waals surface area contributed by atoms with Crippen LogP contribution in [0, 0.1) is 5.41 Å². The zero-order valence-electron chi connectivity index (χ0n) is 10.8. The van der Waals surface area contributed by atoms with E-state index >= 15 is 0 Å². The molecule has 0 heterocycles. The van der Waals surface area contributed by atoms with Gasteiger partial charge in [0.2, 0.25) is 5.91 Å². The van der Waals surface area contributed by atoms with Crippen LogP contribution in [0.25, 0.3) is 0 Å². The summed E-state index contributed by atoms with van der Waals surface area (Å²) in [5.74, 6) is -0.0704. The molecule has 16 heavy (non-hydrogen) atoms. The van der Waals surface area contributed by atoms with E-state index < -0.39 is 6.04 Å². The molecule has 4 N–H and O–H groups in total. The number of aliphatic hydroxyl groups is 1. The number of nitrogens with one attached hydrogen (secondary N) is 1. The van der Waals surface area contributed by atoms with Crippen molar-refractivity contribution in [2.24, 2.45) is 11.1 Å². The van der Waals surface area contributed by atoms with Crippen molar-refractivity contribution in [3.63, 3.8) is 0 Å². The monoisotopic (exact) mass is 230 g/mol. The number of carbonyl (C=O) groups excluding carboxylic acids is 1. The average Bonchev–Trinajstić information content (AvgIpc) is 2.23. The third-order valence-corrected chi connectivity index (χ3v) is 2.69. The second-order valence-electron chi connectivity index (χ2n) is 5.10. The van der Waals surface area contributed by atoms with Crippen LogP contribution in [0.3, 0.4) is 0 Å². The van der Waals surface area contributed by atoms with Gasteiger partial charge in [-0.2, -0.15) is 0 Å². The molecule has 0 aliphatic rings. The first-order chi connectivity index (χ1) is 7.43. The van der Waals surface area contributed by atoms with Gasteiger partial charge in [-0.1, -0.05) is 27.2 Å². The molecule has 4 heteroatoms. The lowest BCUT2D eigenvalue weighted by molar-refractivity contribution is -0.123. The molecule has 1 amide bonds. The zero-order valence-corrected chi connectivity index (χ0v) is 10.8. The highest BCUT2D eigenvalue weighted by Crippen LogP contribution is 2.20. The summed E-state index contributed by atoms with van der Waals surface area (Å²) in [5, 5.41) is 11.6. The van der Waals surface area contributed by atoms with Gasteiger partial charge in [-0.15, -0.1) is 0 Å². The van der Waals surface area contributed by atoms with Gasteiger partial charge >= 0.3 is 0 Å². The third kappa shape index (κ3) is 6.80. The van der Waals surface area contributed by atoms with E-state index in [1.807, 2.05) is 6.92 Å². The minimum absolute atomic E-state index is 0.0182. The van der Waals surface area contributed by atoms with Crippen LogP contribution in [0.15, 0.2) is 0 Å². The Hall–Kier alpha value is -0.610. The molecule has 0 rings (SSSR count). The maximum absolute atomic E-state index is 11.6. The number of amides is 1. The van der Waals surface area contributed by atoms with Crippen molar-refractivity contribution in [3.8, 4) is 0 Å². The van der Waals surface area contributed by atoms with Gasteiger partial charge in [0.15, 0.2) is 0 Å². The Balaban J connectivity index is 3.89. The molecule has 0 radical (unpaired) electrons. The summed E-state index contributed by atoms with van der Waals surface area (Å²) in [6.45, 7) is 6.98. The van der Waals surface area contributed by atoms with Crippen LogP contribution >= 0.6 is 0 Å². The Morgan fingerprint density at radius 2 is 2.12 bits per heavy atom. The lowest BCUT2D eigenvalue weighted by Crippen LogP contribution is -2.44. The number of hydrogen-bond donors (Lipinski definition) is 3. The first-order valence-electron chi connectivity index (χ1n) is 6.07. The fourth-order valence-electron chi connectivity index (χ4n) is 1.55. The molecular weight excluding hydrogens is 204 g/mol. The van der Waals surface area contributed by atoms with Crippen molar-refractivity contribution < 1.29 is 9.90 Å². The van der Waals surface area contributed by atoms with E-state index in [1.165, 1.54) is 0 Å². The molecule has 1 atom stereocenters. The lowest BCUT2D eigenvalue weighted by atomic mass is 9.88. The molecule has 0 aliphatic carbocycles. The fourth-order valence-corrected chi connectivity index (χ4v) is 1.55. The largest absolute Gasteiger partial charge is 0.396 e. The quantitative estimate of drug-likeness (QED) is 0.583. The highest BCUT2D eigenvalue weighted by atomic mass is 16.2. The number of hydrogen-bond acceptors (Lipinski definition) is 3. The molecule has 0 fully saturated rings. The SMILES string of the molecule is CCC[C@H](N)C(=O)NCC(C)(C)CCCO. The van der Waals surface area contributed by atoms with Crippen LogP contribution in [0.1, 0.15) is 46.5 Å². The maximum atomic E-state index is 11.6. The average molecular weight is 230 g/mol. The normalized spacial score (nSPS) is 13.6. The summed E-state index contributed by atoms with van der Waals surface area (Å²) in [6.07, 6.45) is 3.31. The minimum atomic E-state index is -0.390. The highest BCUT2D eigenvalue weighted by Gasteiger charge is 2.20. The van der Waals surface area contributed by atoms with Gasteiger partial charge in [0.1, 0.15) is 0 Å². The fraction of sp³-hybridized carbons (Fsp3) is 0.917. The molecule has 96 valence electrons. The predicted octanol–water partition coefficient (Wildman–Crippen LogP) is 1.03. The van der Waals surface area contributed by atoms with E-state index in [4.69, 9.17) is 10.8 Å². The Bertz CT molecular complexity index is 205. The molecule has 0 spiro atoms. The molecule has 0 saturated carbocycles. The van der Waals surface area contributed by atoms with Gasteiger partial charge in [0.05, 0.1) is 6.04 Å². The molecule has 0 unspecified atom stereocenters. The Morgan fingerprint density at radius 3 is 2.62 bits per heavy atom. The van der Waals surface area contributed by atoms with Crippen molar-refractivity contribution in [1.29, 1.82) is 0 Å². The predicted molar refractivity (Wildman–Crippen MR) is 66.0 cm³/mol. The highest BCUT2D eigenvalue weighted by molar-refractivity contribution is 5.81. The minimum Gasteiger partial charge on any atom is -0.396 e. The van der Waals surface area contributed by atoms with Crippen molar-refractivity contribution >= 4 is 5.91 Å². The van der Waals surface area contributed by atoms with Crippen LogP contribution in [0.4, 0.5) is 0 Å². The van der Waals surface area contributed by atoms with Crippen LogP contribution in [-0.2, 0) is 4.79 Å². The van der Waals surface area contributed by atoms with E-state index in [0.717, 1.165) is 25.7 Å². The standard InChI is InChI=1S/C12H26N2O2/c1-4-6-10(13)11(16)14-9-12(2,3)7-5-8-15/h10,15H,4-9,13H2,1-3H3,(H,14,16)/t10-/m0/s1. The third-order valence-electron chi connectivity index (χ3n) is 2.69. The first-order valence-corrected chi connectivity index (χ1v) is 6.07. The number of aliphatic hydroxyl groups excluding tert-OH is 1. The molecule has 0 bridgehead atoms. The van der Waals surface area contributed by atoms with Crippen LogP contribution < -0.4 is 11.1 Å². The maximum Gasteiger partial charge on any atom is 0.236 e. The Labute approximate surface area is 98.6 Å². The second-order valence-corrected chi connectivity index (χ2v) is 5.10. The van der Waals surface area contributed by atoms with E-state index in [2.05, 4.69) is 19.2 Å². The summed E-state index contributed by atoms with van der Waals surface area (Å²) >= 11 is 0. The van der Waals surface area contributed by atoms with Gasteiger partial charge in [-0.05, 0) is 24.7 Å². The number of carbonyl (C=O) groups is 1. The van der Waals surface area contributed by atoms with Crippen LogP contribution in [0.2, 0.25) is 0 Å². The van der Waals surface area contributed by atoms with E-state index in [0.29, 0.717) is 6.54 Å². The smallest absolute Gasteiger partial charge is 0.236 e. The summed E-state index contributed by atoms with van der Waals surface area (Å²) in [7, 11) is 0. The summed E-state index contributed by atoms with van der Waals surface area (Å²) in [6, 6.07) is -0.390. The Morgan fingerprint density at radius 1 is 1.50 bits per heavy atom. The van der Waals surface area contributed by atoms with Gasteiger partial charge < -0.3 is 16.2 Å². The van der Waals surface area contributed by atoms with E-state index in [9.17, 15) is 4.79 Å². The lowest BCUT2D eigenvalue weighted by Gasteiger charge is -2.25. The van der Waals surface area contributed by atoms with Crippen LogP contribution in [0.5, 0.6) is 0 Å². The molecule has 0 aliphatic heterocycles. The topological polar surface area (TPSA) is 75.4 Å². The second kappa shape index (κ2) is 7.63. The summed E-state index contributed by atoms with van der Waals surface area (Å²) < 4.78 is 0. The van der Waals surface area contributed by atoms with Crippen molar-refractivity contribution in [2.45, 2.75) is 52.5 Å². The molecule has 4 nitrogen and oxygen atoms in total. The first kappa shape index (κ1) is 15.4. The van der Waals surface area contributed by atoms with Gasteiger partial charge in [0.25, 0.3) is 0 Å². The number of nitrogens with two attached hydrogens (primary N) is 1. The Kier molecular flexibility index (Phi) is 7.34. The zero-order chi connectivity index (χ0) is 12.6. The number of rotatable bonds is 8. The summed E-state index contributed by atoms with van der Waals surface area (Å²) in [5.41, 5.74) is 5.72. The molecule has 0 aromatic heterocycles. The van der Waals surface area contributed by atoms with Crippen molar-refractivity contribution in [1.82, 2.24) is 5.32 Å². The van der Waals surface area contributed by atoms with Crippen molar-refractivity contribution in [3.05, 3.63) is 0 Å². The molecule has 0 aromatic carbocycles. The molecular formula is C12H26N2O2. The van der Waals surface area contributed by atoms with Gasteiger partial charge in [-0.3, -0.25) is 4.79 Å². The molecule has 0 saturated heterocycles. The van der Waals surface area contributed by atoms with Gasteiger partial charge in [-0.25, -0.2) is 0 Å². The summed E-state index contributed by atoms with van der Waals surface area (Å²) in [4.78, 5) is 11.6. The molecule has 0 aromatic rings. The van der Waals surface area contributed by atoms with Gasteiger partial charge in [0, 0.05) is 13.2 Å². The van der Waals surface area contributed by atoms with Crippen LogP contribution in [-0.4, -0.2) is 30.2 Å².